The van der Waals surface area contributed by atoms with Gasteiger partial charge in [-0.25, -0.2) is 4.98 Å². The molecule has 31 heavy (non-hydrogen) atoms. The molecular formula is C22H36N4O4S. The van der Waals surface area contributed by atoms with Gasteiger partial charge in [-0.2, -0.15) is 0 Å². The Morgan fingerprint density at radius 2 is 1.94 bits per heavy atom. The zero-order valence-corrected chi connectivity index (χ0v) is 19.8. The standard InChI is InChI=1S/C15H28N2O2.C7H8N2O2S/c1-11(2)8-14(16-10-18)15(19)17(4)12(3)9-13-6-5-7-13;8-5(10)4-6(11)9-7(12-4)3-1-2-3/h10-14H,5-9H2,1-4H3,(H,16,18);3,11H,1-2H2,(H2,8,10)/t12-,14?;/m0./s1. The number of hydrogen-bond acceptors (Lipinski definition) is 6. The number of nitrogens with one attached hydrogen (secondary N) is 1. The molecule has 0 aromatic carbocycles. The predicted octanol–water partition coefficient (Wildman–Crippen LogP) is 3.01. The molecule has 1 aromatic heterocycles. The predicted molar refractivity (Wildman–Crippen MR) is 121 cm³/mol. The quantitative estimate of drug-likeness (QED) is 0.471. The number of nitrogens with two attached hydrogens (primary N) is 1. The number of aromatic nitrogens is 1. The largest absolute Gasteiger partial charge is 0.492 e. The first-order valence-electron chi connectivity index (χ1n) is 11.1. The van der Waals surface area contributed by atoms with Gasteiger partial charge in [-0.1, -0.05) is 33.1 Å². The second kappa shape index (κ2) is 11.5. The minimum absolute atomic E-state index is 0.0348. The number of nitrogens with zero attached hydrogens (tertiary/aromatic N) is 2. The van der Waals surface area contributed by atoms with Crippen molar-refractivity contribution in [2.24, 2.45) is 17.6 Å². The van der Waals surface area contributed by atoms with Crippen LogP contribution in [0.2, 0.25) is 0 Å². The van der Waals surface area contributed by atoms with Crippen LogP contribution < -0.4 is 11.1 Å². The summed E-state index contributed by atoms with van der Waals surface area (Å²) in [5.41, 5.74) is 5.02. The summed E-state index contributed by atoms with van der Waals surface area (Å²) >= 11 is 1.20. The number of hydrogen-bond donors (Lipinski definition) is 3. The molecule has 0 radical (unpaired) electrons. The first-order chi connectivity index (χ1) is 14.6. The van der Waals surface area contributed by atoms with Crippen LogP contribution >= 0.6 is 11.3 Å². The Kier molecular flexibility index (Phi) is 9.28. The van der Waals surface area contributed by atoms with E-state index in [1.807, 2.05) is 11.9 Å². The van der Waals surface area contributed by atoms with E-state index in [0.29, 0.717) is 24.7 Å². The van der Waals surface area contributed by atoms with E-state index in [-0.39, 0.29) is 28.7 Å². The molecular weight excluding hydrogens is 416 g/mol. The lowest BCUT2D eigenvalue weighted by atomic mass is 9.81. The monoisotopic (exact) mass is 452 g/mol. The molecule has 2 saturated carbocycles. The lowest BCUT2D eigenvalue weighted by molar-refractivity contribution is -0.136. The number of carbonyl (C=O) groups excluding carboxylic acids is 3. The molecule has 0 spiro atoms. The fourth-order valence-electron chi connectivity index (χ4n) is 3.62. The highest BCUT2D eigenvalue weighted by Gasteiger charge is 2.30. The first kappa shape index (κ1) is 25.1. The Labute approximate surface area is 188 Å². The summed E-state index contributed by atoms with van der Waals surface area (Å²) in [5.74, 6) is 0.845. The van der Waals surface area contributed by atoms with Crippen molar-refractivity contribution in [1.29, 1.82) is 0 Å². The lowest BCUT2D eigenvalue weighted by Crippen LogP contribution is -2.48. The van der Waals surface area contributed by atoms with Crippen LogP contribution in [0.25, 0.3) is 0 Å². The normalized spacial score (nSPS) is 17.7. The fraction of sp³-hybridized carbons (Fsp3) is 0.727. The Hall–Kier alpha value is -2.16. The molecule has 8 nitrogen and oxygen atoms in total. The number of primary amides is 1. The molecule has 3 amide bonds. The van der Waals surface area contributed by atoms with E-state index in [2.05, 4.69) is 31.1 Å². The van der Waals surface area contributed by atoms with E-state index in [1.165, 1.54) is 30.6 Å². The lowest BCUT2D eigenvalue weighted by Gasteiger charge is -2.34. The van der Waals surface area contributed by atoms with Gasteiger partial charge in [-0.3, -0.25) is 14.4 Å². The van der Waals surface area contributed by atoms with Gasteiger partial charge in [0.1, 0.15) is 11.0 Å². The molecule has 2 atom stereocenters. The Morgan fingerprint density at radius 1 is 1.29 bits per heavy atom. The van der Waals surface area contributed by atoms with Crippen LogP contribution in [0.1, 0.15) is 86.3 Å². The molecule has 1 unspecified atom stereocenters. The SMILES string of the molecule is CC(C)CC(NC=O)C(=O)N(C)[C@@H](C)CC1CCC1.NC(=O)c1sc(C2CC2)nc1O. The zero-order chi connectivity index (χ0) is 23.1. The van der Waals surface area contributed by atoms with Crippen molar-refractivity contribution in [1.82, 2.24) is 15.2 Å². The third-order valence-electron chi connectivity index (χ3n) is 5.96. The van der Waals surface area contributed by atoms with Gasteiger partial charge in [0.05, 0.1) is 0 Å². The summed E-state index contributed by atoms with van der Waals surface area (Å²) in [7, 11) is 1.85. The highest BCUT2D eigenvalue weighted by Crippen LogP contribution is 2.43. The molecule has 4 N–H and O–H groups in total. The van der Waals surface area contributed by atoms with E-state index in [9.17, 15) is 19.5 Å². The van der Waals surface area contributed by atoms with Crippen molar-refractivity contribution < 1.29 is 19.5 Å². The fourth-order valence-corrected chi connectivity index (χ4v) is 4.60. The average molecular weight is 453 g/mol. The van der Waals surface area contributed by atoms with Crippen LogP contribution in [-0.2, 0) is 9.59 Å². The minimum atomic E-state index is -0.600. The van der Waals surface area contributed by atoms with Crippen molar-refractivity contribution in [2.45, 2.75) is 83.7 Å². The molecule has 1 heterocycles. The van der Waals surface area contributed by atoms with E-state index in [4.69, 9.17) is 5.73 Å². The summed E-state index contributed by atoms with van der Waals surface area (Å²) < 4.78 is 0. The molecule has 9 heteroatoms. The average Bonchev–Trinajstić information content (AvgIpc) is 3.45. The van der Waals surface area contributed by atoms with Crippen LogP contribution in [0.3, 0.4) is 0 Å². The van der Waals surface area contributed by atoms with E-state index in [1.54, 1.807) is 0 Å². The van der Waals surface area contributed by atoms with Crippen molar-refractivity contribution in [3.05, 3.63) is 9.88 Å². The molecule has 174 valence electrons. The highest BCUT2D eigenvalue weighted by atomic mass is 32.1. The van der Waals surface area contributed by atoms with Gasteiger partial charge >= 0.3 is 0 Å². The number of thiazole rings is 1. The van der Waals surface area contributed by atoms with Crippen molar-refractivity contribution in [3.8, 4) is 5.88 Å². The van der Waals surface area contributed by atoms with E-state index >= 15 is 0 Å². The van der Waals surface area contributed by atoms with Crippen LogP contribution in [0.4, 0.5) is 0 Å². The van der Waals surface area contributed by atoms with Crippen molar-refractivity contribution in [2.75, 3.05) is 7.05 Å². The van der Waals surface area contributed by atoms with E-state index < -0.39 is 5.91 Å². The van der Waals surface area contributed by atoms with Gasteiger partial charge in [-0.05, 0) is 44.4 Å². The summed E-state index contributed by atoms with van der Waals surface area (Å²) in [4.78, 5) is 39.6. The Morgan fingerprint density at radius 3 is 2.35 bits per heavy atom. The third kappa shape index (κ3) is 7.48. The number of aromatic hydroxyl groups is 1. The molecule has 2 fully saturated rings. The molecule has 2 aliphatic carbocycles. The summed E-state index contributed by atoms with van der Waals surface area (Å²) in [6, 6.07) is -0.132. The Balaban J connectivity index is 0.000000242. The number of rotatable bonds is 10. The van der Waals surface area contributed by atoms with Crippen LogP contribution in [-0.4, -0.2) is 52.3 Å². The van der Waals surface area contributed by atoms with Crippen LogP contribution in [0.15, 0.2) is 0 Å². The third-order valence-corrected chi connectivity index (χ3v) is 7.18. The van der Waals surface area contributed by atoms with E-state index in [0.717, 1.165) is 30.2 Å². The summed E-state index contributed by atoms with van der Waals surface area (Å²) in [6.07, 6.45) is 8.54. The summed E-state index contributed by atoms with van der Waals surface area (Å²) in [6.45, 7) is 6.22. The molecule has 0 saturated heterocycles. The Bertz CT molecular complexity index is 759. The van der Waals surface area contributed by atoms with Gasteiger partial charge in [0.25, 0.3) is 5.91 Å². The van der Waals surface area contributed by atoms with Crippen molar-refractivity contribution in [3.63, 3.8) is 0 Å². The van der Waals surface area contributed by atoms with Gasteiger partial charge in [0, 0.05) is 19.0 Å². The maximum atomic E-state index is 12.4. The van der Waals surface area contributed by atoms with Gasteiger partial charge in [0.2, 0.25) is 18.2 Å². The molecule has 2 aliphatic rings. The van der Waals surface area contributed by atoms with Crippen LogP contribution in [0.5, 0.6) is 5.88 Å². The second-order valence-electron chi connectivity index (χ2n) is 9.14. The van der Waals surface area contributed by atoms with Gasteiger partial charge in [0.15, 0.2) is 4.88 Å². The molecule has 3 rings (SSSR count). The maximum absolute atomic E-state index is 12.4. The maximum Gasteiger partial charge on any atom is 0.264 e. The topological polar surface area (TPSA) is 126 Å². The minimum Gasteiger partial charge on any atom is -0.492 e. The van der Waals surface area contributed by atoms with Crippen molar-refractivity contribution >= 4 is 29.6 Å². The van der Waals surface area contributed by atoms with Gasteiger partial charge in [-0.15, -0.1) is 11.3 Å². The molecule has 0 bridgehead atoms. The molecule has 1 aromatic rings. The van der Waals surface area contributed by atoms with Gasteiger partial charge < -0.3 is 21.1 Å². The number of likely N-dealkylation sites (N-methyl/N-ethyl adjacent to an activating group) is 1. The smallest absolute Gasteiger partial charge is 0.264 e. The number of carbonyl (C=O) groups is 3. The number of amides is 3. The highest BCUT2D eigenvalue weighted by molar-refractivity contribution is 7.14. The summed E-state index contributed by atoms with van der Waals surface area (Å²) in [5, 5.41) is 12.7. The molecule has 0 aliphatic heterocycles. The zero-order valence-electron chi connectivity index (χ0n) is 19.0. The second-order valence-corrected chi connectivity index (χ2v) is 10.2. The van der Waals surface area contributed by atoms with Crippen LogP contribution in [0, 0.1) is 11.8 Å². The first-order valence-corrected chi connectivity index (χ1v) is 11.9.